The number of nitrogens with one attached hydrogen (secondary N) is 1. The number of amides is 1. The van der Waals surface area contributed by atoms with Crippen molar-refractivity contribution in [3.63, 3.8) is 0 Å². The summed E-state index contributed by atoms with van der Waals surface area (Å²) in [6.45, 7) is 8.05. The topological polar surface area (TPSA) is 123 Å². The van der Waals surface area contributed by atoms with E-state index in [1.165, 1.54) is 0 Å². The maximum absolute atomic E-state index is 14.0. The first-order valence-electron chi connectivity index (χ1n) is 14.3. The van der Waals surface area contributed by atoms with Gasteiger partial charge in [0.05, 0.1) is 17.0 Å². The zero-order valence-corrected chi connectivity index (χ0v) is 25.8. The average molecular weight is 623 g/mol. The number of carbonyl (C=O) groups excluding carboxylic acids is 1. The van der Waals surface area contributed by atoms with Crippen molar-refractivity contribution in [3.8, 4) is 18.4 Å². The maximum atomic E-state index is 14.0. The van der Waals surface area contributed by atoms with Crippen LogP contribution in [0.25, 0.3) is 0 Å². The predicted octanol–water partition coefficient (Wildman–Crippen LogP) is 4.05. The molecule has 0 unspecified atom stereocenters. The van der Waals surface area contributed by atoms with Crippen molar-refractivity contribution in [3.05, 3.63) is 76.0 Å². The summed E-state index contributed by atoms with van der Waals surface area (Å²) in [5, 5.41) is 18.4. The van der Waals surface area contributed by atoms with Crippen LogP contribution < -0.4 is 15.4 Å². The van der Waals surface area contributed by atoms with Gasteiger partial charge in [0, 0.05) is 68.7 Å². The maximum Gasteiger partial charge on any atom is 0.254 e. The number of likely N-dealkylation sites (tertiary alicyclic amines) is 1. The molecule has 0 aromatic heterocycles. The van der Waals surface area contributed by atoms with Gasteiger partial charge in [-0.2, -0.15) is 5.26 Å². The number of nitriles is 1. The van der Waals surface area contributed by atoms with Crippen molar-refractivity contribution in [1.82, 2.24) is 9.80 Å². The van der Waals surface area contributed by atoms with Gasteiger partial charge in [-0.05, 0) is 56.9 Å². The van der Waals surface area contributed by atoms with Crippen LogP contribution in [0.4, 0.5) is 20.2 Å². The predicted molar refractivity (Wildman–Crippen MR) is 166 cm³/mol. The first kappa shape index (κ1) is 32.5. The highest BCUT2D eigenvalue weighted by molar-refractivity contribution is 7.89. The summed E-state index contributed by atoms with van der Waals surface area (Å²) in [6.07, 6.45) is 10.5. The lowest BCUT2D eigenvalue weighted by Gasteiger charge is -2.37. The van der Waals surface area contributed by atoms with Gasteiger partial charge in [-0.1, -0.05) is 18.1 Å². The van der Waals surface area contributed by atoms with Gasteiger partial charge in [-0.3, -0.25) is 4.79 Å². The molecule has 2 aliphatic rings. The smallest absolute Gasteiger partial charge is 0.254 e. The summed E-state index contributed by atoms with van der Waals surface area (Å²) in [5.74, 6) is -0.114. The lowest BCUT2D eigenvalue weighted by molar-refractivity contribution is 0.0746. The number of rotatable bonds is 7. The number of aryl methyl sites for hydroxylation is 2. The van der Waals surface area contributed by atoms with E-state index in [1.54, 1.807) is 22.0 Å². The largest absolute Gasteiger partial charge is 0.382 e. The van der Waals surface area contributed by atoms with Crippen LogP contribution >= 0.6 is 0 Å². The van der Waals surface area contributed by atoms with E-state index < -0.39 is 26.6 Å². The monoisotopic (exact) mass is 622 g/mol. The average Bonchev–Trinajstić information content (AvgIpc) is 2.99. The van der Waals surface area contributed by atoms with Gasteiger partial charge >= 0.3 is 0 Å². The number of hydrogen-bond donors (Lipinski definition) is 2. The quantitative estimate of drug-likeness (QED) is 0.271. The Bertz CT molecular complexity index is 1690. The van der Waals surface area contributed by atoms with Gasteiger partial charge < -0.3 is 20.0 Å². The van der Waals surface area contributed by atoms with E-state index in [1.807, 2.05) is 32.9 Å². The molecular formula is C32H36F2N6O3S. The van der Waals surface area contributed by atoms with Gasteiger partial charge in [0.25, 0.3) is 5.91 Å². The molecule has 2 saturated heterocycles. The molecule has 3 N–H and O–H groups in total. The molecule has 0 aliphatic carbocycles. The van der Waals surface area contributed by atoms with Crippen molar-refractivity contribution < 1.29 is 22.0 Å². The number of sulfonamides is 1. The summed E-state index contributed by atoms with van der Waals surface area (Å²) in [5.41, 5.74) is 4.51. The number of primary sulfonamides is 1. The lowest BCUT2D eigenvalue weighted by atomic mass is 9.99. The Labute approximate surface area is 257 Å². The van der Waals surface area contributed by atoms with Crippen LogP contribution in [0.1, 0.15) is 41.3 Å². The fourth-order valence-corrected chi connectivity index (χ4v) is 6.47. The van der Waals surface area contributed by atoms with E-state index in [4.69, 9.17) is 11.6 Å². The van der Waals surface area contributed by atoms with Crippen LogP contribution in [0.15, 0.2) is 52.6 Å². The zero-order valence-electron chi connectivity index (χ0n) is 25.0. The minimum atomic E-state index is -4.30. The van der Waals surface area contributed by atoms with Crippen molar-refractivity contribution in [1.29, 1.82) is 5.26 Å². The van der Waals surface area contributed by atoms with Crippen LogP contribution in [-0.4, -0.2) is 69.4 Å². The number of halogens is 2. The molecule has 4 rings (SSSR count). The van der Waals surface area contributed by atoms with Gasteiger partial charge in [0.15, 0.2) is 11.6 Å². The molecule has 0 saturated carbocycles. The summed E-state index contributed by atoms with van der Waals surface area (Å²) in [7, 11) is -4.30. The third-order valence-corrected chi connectivity index (χ3v) is 9.06. The number of piperidine rings is 1. The molecule has 9 nitrogen and oxygen atoms in total. The number of benzene rings is 2. The third-order valence-electron chi connectivity index (χ3n) is 8.12. The molecular weight excluding hydrogens is 586 g/mol. The SMILES string of the molecule is C#C/C=C(\C(C#N)=C/C)N1CCC(Nc2cc(C(=O)N3CCN(c4cc(F)c(F)cc4S(N)(=O)=O)CC3)c(C)cc2C)CC1. The van der Waals surface area contributed by atoms with E-state index in [9.17, 15) is 27.3 Å². The second kappa shape index (κ2) is 13.5. The van der Waals surface area contributed by atoms with Crippen LogP contribution in [-0.2, 0) is 10.0 Å². The van der Waals surface area contributed by atoms with Gasteiger partial charge in [-0.25, -0.2) is 22.3 Å². The van der Waals surface area contributed by atoms with Crippen molar-refractivity contribution in [2.75, 3.05) is 49.5 Å². The van der Waals surface area contributed by atoms with Crippen molar-refractivity contribution in [2.24, 2.45) is 5.14 Å². The fourth-order valence-electron chi connectivity index (χ4n) is 5.72. The Morgan fingerprint density at radius 3 is 2.23 bits per heavy atom. The minimum absolute atomic E-state index is 0.0287. The molecule has 44 heavy (non-hydrogen) atoms. The number of anilines is 2. The number of carbonyl (C=O) groups is 1. The van der Waals surface area contributed by atoms with Crippen LogP contribution in [0.2, 0.25) is 0 Å². The molecule has 1 amide bonds. The Morgan fingerprint density at radius 2 is 1.66 bits per heavy atom. The minimum Gasteiger partial charge on any atom is -0.382 e. The summed E-state index contributed by atoms with van der Waals surface area (Å²) in [6, 6.07) is 7.63. The molecule has 2 aliphatic heterocycles. The molecule has 232 valence electrons. The first-order chi connectivity index (χ1) is 20.9. The lowest BCUT2D eigenvalue weighted by Crippen LogP contribution is -2.49. The number of terminal acetylenes is 1. The molecule has 0 spiro atoms. The molecule has 0 atom stereocenters. The molecule has 2 heterocycles. The van der Waals surface area contributed by atoms with Gasteiger partial charge in [0.1, 0.15) is 11.0 Å². The summed E-state index contributed by atoms with van der Waals surface area (Å²) in [4.78, 5) is 18.5. The van der Waals surface area contributed by atoms with Crippen LogP contribution in [0.5, 0.6) is 0 Å². The highest BCUT2D eigenvalue weighted by Gasteiger charge is 2.29. The molecule has 0 bridgehead atoms. The molecule has 2 aromatic rings. The zero-order chi connectivity index (χ0) is 32.2. The number of piperazine rings is 1. The molecule has 0 radical (unpaired) electrons. The van der Waals surface area contributed by atoms with Crippen molar-refractivity contribution >= 4 is 27.3 Å². The van der Waals surface area contributed by atoms with Crippen LogP contribution in [0, 0.1) is 49.2 Å². The van der Waals surface area contributed by atoms with Crippen molar-refractivity contribution in [2.45, 2.75) is 44.6 Å². The number of allylic oxidation sites excluding steroid dienone is 3. The highest BCUT2D eigenvalue weighted by Crippen LogP contribution is 2.30. The highest BCUT2D eigenvalue weighted by atomic mass is 32.2. The summed E-state index contributed by atoms with van der Waals surface area (Å²) < 4.78 is 51.9. The fraction of sp³-hybridized carbons (Fsp3) is 0.375. The Hall–Kier alpha value is -4.39. The second-order valence-corrected chi connectivity index (χ2v) is 12.5. The Kier molecular flexibility index (Phi) is 9.98. The van der Waals surface area contributed by atoms with E-state index in [2.05, 4.69) is 22.2 Å². The van der Waals surface area contributed by atoms with E-state index in [0.29, 0.717) is 17.2 Å². The number of nitrogens with zero attached hydrogens (tertiary/aromatic N) is 4. The van der Waals surface area contributed by atoms with Gasteiger partial charge in [0.2, 0.25) is 10.0 Å². The van der Waals surface area contributed by atoms with E-state index >= 15 is 0 Å². The molecule has 12 heteroatoms. The van der Waals surface area contributed by atoms with Crippen LogP contribution in [0.3, 0.4) is 0 Å². The van der Waals surface area contributed by atoms with Gasteiger partial charge in [-0.15, -0.1) is 6.42 Å². The third kappa shape index (κ3) is 7.04. The van der Waals surface area contributed by atoms with E-state index in [0.717, 1.165) is 54.5 Å². The molecule has 2 fully saturated rings. The standard InChI is InChI=1S/C32H36F2N6O3S/c1-5-7-29(23(6-2)20-35)38-10-8-24(9-11-38)37-28-17-25(21(3)16-22(28)4)32(41)40-14-12-39(13-15-40)30-18-26(33)27(34)19-31(30)44(36,42)43/h1,6-7,16-19,24,37H,8-15H2,2-4H3,(H2,36,42,43)/b23-6-,29-7+. The van der Waals surface area contributed by atoms with E-state index in [-0.39, 0.29) is 43.8 Å². The number of hydrogen-bond acceptors (Lipinski definition) is 7. The number of nitrogens with two attached hydrogens (primary N) is 1. The normalized spacial score (nSPS) is 16.9. The Morgan fingerprint density at radius 1 is 1.02 bits per heavy atom. The Balaban J connectivity index is 1.44. The summed E-state index contributed by atoms with van der Waals surface area (Å²) >= 11 is 0. The first-order valence-corrected chi connectivity index (χ1v) is 15.8. The molecule has 2 aromatic carbocycles. The second-order valence-electron chi connectivity index (χ2n) is 11.0.